The highest BCUT2D eigenvalue weighted by Gasteiger charge is 2.38. The monoisotopic (exact) mass is 263 g/mol. The third-order valence-electron chi connectivity index (χ3n) is 5.65. The number of nitrogens with zero attached hydrogens (tertiary/aromatic N) is 2. The molecule has 1 saturated heterocycles. The lowest BCUT2D eigenvalue weighted by Crippen LogP contribution is -2.49. The van der Waals surface area contributed by atoms with Crippen LogP contribution in [0, 0.1) is 16.7 Å². The van der Waals surface area contributed by atoms with E-state index in [4.69, 9.17) is 0 Å². The van der Waals surface area contributed by atoms with E-state index in [1.165, 1.54) is 51.6 Å². The molecule has 1 spiro atoms. The summed E-state index contributed by atoms with van der Waals surface area (Å²) in [6.45, 7) is 6.74. The minimum absolute atomic E-state index is 0.387. The van der Waals surface area contributed by atoms with Gasteiger partial charge >= 0.3 is 0 Å². The van der Waals surface area contributed by atoms with E-state index >= 15 is 0 Å². The zero-order valence-electron chi connectivity index (χ0n) is 12.8. The van der Waals surface area contributed by atoms with Gasteiger partial charge in [0.2, 0.25) is 0 Å². The Labute approximate surface area is 118 Å². The standard InChI is InChI=1S/C16H29N3/c1-14(12-15(2,13-17)18-3)19-10-8-16(9-11-19)6-4-5-7-16/h14,18H,4-12H2,1-3H3. The van der Waals surface area contributed by atoms with Gasteiger partial charge in [-0.1, -0.05) is 12.8 Å². The van der Waals surface area contributed by atoms with Crippen LogP contribution in [0.1, 0.15) is 58.8 Å². The van der Waals surface area contributed by atoms with Crippen molar-refractivity contribution in [2.75, 3.05) is 20.1 Å². The average Bonchev–Trinajstić information content (AvgIpc) is 2.87. The first-order chi connectivity index (χ1) is 9.02. The molecule has 2 aliphatic rings. The fraction of sp³-hybridized carbons (Fsp3) is 0.938. The lowest BCUT2D eigenvalue weighted by molar-refractivity contribution is 0.0723. The van der Waals surface area contributed by atoms with Crippen molar-refractivity contribution in [3.63, 3.8) is 0 Å². The molecular formula is C16H29N3. The first-order valence-electron chi connectivity index (χ1n) is 7.87. The molecule has 3 nitrogen and oxygen atoms in total. The predicted octanol–water partition coefficient (Wildman–Crippen LogP) is 2.92. The molecule has 2 fully saturated rings. The van der Waals surface area contributed by atoms with Gasteiger partial charge in [-0.05, 0) is 71.5 Å². The van der Waals surface area contributed by atoms with Gasteiger partial charge in [-0.25, -0.2) is 0 Å². The molecule has 1 heterocycles. The van der Waals surface area contributed by atoms with Crippen molar-refractivity contribution in [3.05, 3.63) is 0 Å². The Morgan fingerprint density at radius 2 is 1.84 bits per heavy atom. The van der Waals surface area contributed by atoms with Crippen LogP contribution in [-0.4, -0.2) is 36.6 Å². The van der Waals surface area contributed by atoms with E-state index in [1.54, 1.807) is 0 Å². The molecule has 1 aliphatic heterocycles. The van der Waals surface area contributed by atoms with Crippen molar-refractivity contribution in [2.24, 2.45) is 5.41 Å². The first-order valence-corrected chi connectivity index (χ1v) is 7.87. The summed E-state index contributed by atoms with van der Waals surface area (Å²) in [4.78, 5) is 2.59. The Bertz CT molecular complexity index is 330. The van der Waals surface area contributed by atoms with Crippen LogP contribution in [0.4, 0.5) is 0 Å². The van der Waals surface area contributed by atoms with E-state index < -0.39 is 0 Å². The van der Waals surface area contributed by atoms with Crippen LogP contribution in [0.5, 0.6) is 0 Å². The molecule has 2 atom stereocenters. The largest absolute Gasteiger partial charge is 0.303 e. The van der Waals surface area contributed by atoms with Crippen molar-refractivity contribution in [1.29, 1.82) is 5.26 Å². The van der Waals surface area contributed by atoms with Crippen molar-refractivity contribution in [3.8, 4) is 6.07 Å². The minimum atomic E-state index is -0.387. The molecule has 0 radical (unpaired) electrons. The zero-order chi connectivity index (χ0) is 13.9. The van der Waals surface area contributed by atoms with Gasteiger partial charge in [0, 0.05) is 6.04 Å². The molecule has 0 aromatic carbocycles. The second-order valence-corrected chi connectivity index (χ2v) is 6.99. The average molecular weight is 263 g/mol. The summed E-state index contributed by atoms with van der Waals surface area (Å²) in [7, 11) is 1.89. The molecule has 2 rings (SSSR count). The lowest BCUT2D eigenvalue weighted by Gasteiger charge is -2.43. The number of likely N-dealkylation sites (tertiary alicyclic amines) is 1. The summed E-state index contributed by atoms with van der Waals surface area (Å²) in [6, 6.07) is 2.91. The molecule has 108 valence electrons. The third-order valence-corrected chi connectivity index (χ3v) is 5.65. The maximum atomic E-state index is 9.27. The van der Waals surface area contributed by atoms with Crippen LogP contribution in [0.2, 0.25) is 0 Å². The van der Waals surface area contributed by atoms with Gasteiger partial charge in [-0.15, -0.1) is 0 Å². The summed E-state index contributed by atoms with van der Waals surface area (Å²) in [5, 5.41) is 12.4. The van der Waals surface area contributed by atoms with Crippen LogP contribution in [-0.2, 0) is 0 Å². The number of piperidine rings is 1. The molecule has 19 heavy (non-hydrogen) atoms. The zero-order valence-corrected chi connectivity index (χ0v) is 12.8. The second-order valence-electron chi connectivity index (χ2n) is 6.99. The molecule has 1 aliphatic carbocycles. The minimum Gasteiger partial charge on any atom is -0.303 e. The normalized spacial score (nSPS) is 27.9. The highest BCUT2D eigenvalue weighted by Crippen LogP contribution is 2.46. The molecule has 0 amide bonds. The topological polar surface area (TPSA) is 39.1 Å². The fourth-order valence-electron chi connectivity index (χ4n) is 3.99. The van der Waals surface area contributed by atoms with Crippen LogP contribution in [0.3, 0.4) is 0 Å². The Morgan fingerprint density at radius 1 is 1.26 bits per heavy atom. The smallest absolute Gasteiger partial charge is 0.105 e. The van der Waals surface area contributed by atoms with Crippen LogP contribution in [0.15, 0.2) is 0 Å². The SMILES string of the molecule is CNC(C)(C#N)CC(C)N1CCC2(CCCC2)CC1. The molecule has 3 heteroatoms. The van der Waals surface area contributed by atoms with Gasteiger partial charge in [0.25, 0.3) is 0 Å². The van der Waals surface area contributed by atoms with Crippen molar-refractivity contribution < 1.29 is 0 Å². The summed E-state index contributed by atoms with van der Waals surface area (Å²) in [5.41, 5.74) is 0.305. The van der Waals surface area contributed by atoms with Crippen LogP contribution < -0.4 is 5.32 Å². The Morgan fingerprint density at radius 3 is 2.32 bits per heavy atom. The fourth-order valence-corrected chi connectivity index (χ4v) is 3.99. The van der Waals surface area contributed by atoms with Gasteiger partial charge in [0.15, 0.2) is 0 Å². The Hall–Kier alpha value is -0.590. The van der Waals surface area contributed by atoms with Crippen LogP contribution in [0.25, 0.3) is 0 Å². The van der Waals surface area contributed by atoms with E-state index in [2.05, 4.69) is 23.2 Å². The quantitative estimate of drug-likeness (QED) is 0.847. The highest BCUT2D eigenvalue weighted by atomic mass is 15.2. The van der Waals surface area contributed by atoms with E-state index in [0.717, 1.165) is 6.42 Å². The van der Waals surface area contributed by atoms with E-state index in [9.17, 15) is 5.26 Å². The summed E-state index contributed by atoms with van der Waals surface area (Å²) < 4.78 is 0. The highest BCUT2D eigenvalue weighted by molar-refractivity contribution is 5.05. The van der Waals surface area contributed by atoms with E-state index in [1.807, 2.05) is 14.0 Å². The molecule has 1 saturated carbocycles. The van der Waals surface area contributed by atoms with Gasteiger partial charge in [0.05, 0.1) is 6.07 Å². The molecule has 0 aromatic rings. The summed E-state index contributed by atoms with van der Waals surface area (Å²) >= 11 is 0. The number of nitriles is 1. The number of hydrogen-bond donors (Lipinski definition) is 1. The summed E-state index contributed by atoms with van der Waals surface area (Å²) in [6.07, 6.45) is 9.47. The number of nitrogens with one attached hydrogen (secondary N) is 1. The number of rotatable bonds is 4. The molecule has 1 N–H and O–H groups in total. The molecule has 0 aromatic heterocycles. The first kappa shape index (κ1) is 14.8. The Kier molecular flexibility index (Phi) is 4.53. The molecule has 2 unspecified atom stereocenters. The van der Waals surface area contributed by atoms with Crippen molar-refractivity contribution in [2.45, 2.75) is 70.4 Å². The third kappa shape index (κ3) is 3.30. The van der Waals surface area contributed by atoms with Crippen molar-refractivity contribution in [1.82, 2.24) is 10.2 Å². The number of hydrogen-bond acceptors (Lipinski definition) is 3. The summed E-state index contributed by atoms with van der Waals surface area (Å²) in [5.74, 6) is 0. The predicted molar refractivity (Wildman–Crippen MR) is 78.9 cm³/mol. The second kappa shape index (κ2) is 5.81. The van der Waals surface area contributed by atoms with E-state index in [-0.39, 0.29) is 5.54 Å². The van der Waals surface area contributed by atoms with Crippen molar-refractivity contribution >= 4 is 0 Å². The van der Waals surface area contributed by atoms with E-state index in [0.29, 0.717) is 11.5 Å². The van der Waals surface area contributed by atoms with Gasteiger partial charge in [-0.2, -0.15) is 5.26 Å². The molecule has 0 bridgehead atoms. The molecular weight excluding hydrogens is 234 g/mol. The van der Waals surface area contributed by atoms with Gasteiger partial charge in [0.1, 0.15) is 5.54 Å². The van der Waals surface area contributed by atoms with Gasteiger partial charge < -0.3 is 10.2 Å². The maximum Gasteiger partial charge on any atom is 0.105 e. The maximum absolute atomic E-state index is 9.27. The lowest BCUT2D eigenvalue weighted by atomic mass is 9.76. The Balaban J connectivity index is 1.85. The van der Waals surface area contributed by atoms with Crippen LogP contribution >= 0.6 is 0 Å². The van der Waals surface area contributed by atoms with Gasteiger partial charge in [-0.3, -0.25) is 0 Å².